The molecule has 0 aliphatic heterocycles. The third-order valence-corrected chi connectivity index (χ3v) is 3.10. The molecule has 0 saturated heterocycles. The fraction of sp³-hybridized carbons (Fsp3) is 0.250. The van der Waals surface area contributed by atoms with Crippen LogP contribution in [0.1, 0.15) is 13.8 Å². The van der Waals surface area contributed by atoms with Crippen LogP contribution >= 0.6 is 34.2 Å². The summed E-state index contributed by atoms with van der Waals surface area (Å²) < 4.78 is 1.07. The summed E-state index contributed by atoms with van der Waals surface area (Å²) in [6, 6.07) is 0. The van der Waals surface area contributed by atoms with Gasteiger partial charge in [-0.1, -0.05) is 30.3 Å². The number of hydrogen-bond acceptors (Lipinski definition) is 0. The standard InChI is InChI=1S/C8H10ClI/c1-4-6(3)8(9)7(10)5-2/h4-5H,1H2,2-3H3/b7-5+,8-6+. The predicted molar refractivity (Wildman–Crippen MR) is 56.5 cm³/mol. The molecular weight excluding hydrogens is 258 g/mol. The van der Waals surface area contributed by atoms with Crippen molar-refractivity contribution < 1.29 is 0 Å². The highest BCUT2D eigenvalue weighted by molar-refractivity contribution is 14.1. The maximum absolute atomic E-state index is 5.91. The molecule has 0 nitrogen and oxygen atoms in total. The van der Waals surface area contributed by atoms with Crippen LogP contribution in [0.15, 0.2) is 32.9 Å². The highest BCUT2D eigenvalue weighted by Gasteiger charge is 1.97. The van der Waals surface area contributed by atoms with E-state index in [2.05, 4.69) is 29.2 Å². The number of halogens is 2. The molecule has 0 spiro atoms. The van der Waals surface area contributed by atoms with E-state index in [4.69, 9.17) is 11.6 Å². The minimum absolute atomic E-state index is 0.790. The lowest BCUT2D eigenvalue weighted by atomic mass is 10.3. The van der Waals surface area contributed by atoms with Crippen molar-refractivity contribution in [2.75, 3.05) is 0 Å². The molecular formula is C8H10ClI. The zero-order chi connectivity index (χ0) is 8.15. The minimum Gasteiger partial charge on any atom is -0.0987 e. The van der Waals surface area contributed by atoms with Crippen LogP contribution in [0.5, 0.6) is 0 Å². The Bertz CT molecular complexity index is 189. The number of allylic oxidation sites excluding steroid dienone is 5. The normalized spacial score (nSPS) is 14.6. The summed E-state index contributed by atoms with van der Waals surface area (Å²) in [6.45, 7) is 7.53. The van der Waals surface area contributed by atoms with Gasteiger partial charge in [0.1, 0.15) is 0 Å². The van der Waals surface area contributed by atoms with Gasteiger partial charge in [-0.15, -0.1) is 0 Å². The van der Waals surface area contributed by atoms with Crippen LogP contribution in [0, 0.1) is 0 Å². The third kappa shape index (κ3) is 2.88. The highest BCUT2D eigenvalue weighted by Crippen LogP contribution is 2.24. The second kappa shape index (κ2) is 4.97. The number of rotatable bonds is 2. The van der Waals surface area contributed by atoms with E-state index in [0.29, 0.717) is 0 Å². The highest BCUT2D eigenvalue weighted by atomic mass is 127. The average molecular weight is 269 g/mol. The quantitative estimate of drug-likeness (QED) is 0.524. The minimum atomic E-state index is 0.790. The Kier molecular flexibility index (Phi) is 5.09. The second-order valence-corrected chi connectivity index (χ2v) is 3.38. The van der Waals surface area contributed by atoms with Crippen LogP contribution in [-0.2, 0) is 0 Å². The molecule has 0 aromatic rings. The van der Waals surface area contributed by atoms with Crippen molar-refractivity contribution in [2.45, 2.75) is 13.8 Å². The molecule has 0 radical (unpaired) electrons. The lowest BCUT2D eigenvalue weighted by molar-refractivity contribution is 1.50. The third-order valence-electron chi connectivity index (χ3n) is 1.12. The Hall–Kier alpha value is 0.240. The lowest BCUT2D eigenvalue weighted by Crippen LogP contribution is -1.75. The molecule has 0 N–H and O–H groups in total. The first-order valence-electron chi connectivity index (χ1n) is 2.94. The van der Waals surface area contributed by atoms with Gasteiger partial charge in [-0.05, 0) is 42.0 Å². The van der Waals surface area contributed by atoms with Gasteiger partial charge in [-0.25, -0.2) is 0 Å². The van der Waals surface area contributed by atoms with Crippen molar-refractivity contribution in [3.63, 3.8) is 0 Å². The predicted octanol–water partition coefficient (Wildman–Crippen LogP) is 4.02. The SMILES string of the molecule is C=C/C(C)=C(Cl)\C(I)=C/C. The number of hydrogen-bond donors (Lipinski definition) is 0. The Labute approximate surface area is 80.8 Å². The van der Waals surface area contributed by atoms with Crippen LogP contribution in [0.3, 0.4) is 0 Å². The van der Waals surface area contributed by atoms with Gasteiger partial charge in [0, 0.05) is 3.58 Å². The van der Waals surface area contributed by atoms with Gasteiger partial charge in [-0.3, -0.25) is 0 Å². The molecule has 0 bridgehead atoms. The summed E-state index contributed by atoms with van der Waals surface area (Å²) in [5, 5.41) is 0.790. The summed E-state index contributed by atoms with van der Waals surface area (Å²) in [7, 11) is 0. The maximum atomic E-state index is 5.91. The van der Waals surface area contributed by atoms with Crippen LogP contribution in [-0.4, -0.2) is 0 Å². The first-order valence-corrected chi connectivity index (χ1v) is 4.40. The van der Waals surface area contributed by atoms with Crippen molar-refractivity contribution >= 4 is 34.2 Å². The van der Waals surface area contributed by atoms with Crippen molar-refractivity contribution in [1.29, 1.82) is 0 Å². The molecule has 0 heterocycles. The van der Waals surface area contributed by atoms with E-state index in [1.807, 2.05) is 19.9 Å². The van der Waals surface area contributed by atoms with Gasteiger partial charge in [0.2, 0.25) is 0 Å². The Morgan fingerprint density at radius 3 is 2.40 bits per heavy atom. The van der Waals surface area contributed by atoms with Crippen molar-refractivity contribution in [3.05, 3.63) is 32.9 Å². The van der Waals surface area contributed by atoms with Gasteiger partial charge < -0.3 is 0 Å². The molecule has 0 fully saturated rings. The monoisotopic (exact) mass is 268 g/mol. The smallest absolute Gasteiger partial charge is 0.0565 e. The molecule has 0 aromatic carbocycles. The summed E-state index contributed by atoms with van der Waals surface area (Å²) in [5.74, 6) is 0. The van der Waals surface area contributed by atoms with E-state index < -0.39 is 0 Å². The van der Waals surface area contributed by atoms with Gasteiger partial charge in [-0.2, -0.15) is 0 Å². The zero-order valence-corrected chi connectivity index (χ0v) is 9.03. The van der Waals surface area contributed by atoms with E-state index >= 15 is 0 Å². The lowest BCUT2D eigenvalue weighted by Gasteiger charge is -1.97. The first kappa shape index (κ1) is 10.2. The molecule has 0 saturated carbocycles. The largest absolute Gasteiger partial charge is 0.0987 e. The van der Waals surface area contributed by atoms with E-state index in [9.17, 15) is 0 Å². The fourth-order valence-corrected chi connectivity index (χ4v) is 1.02. The van der Waals surface area contributed by atoms with E-state index in [-0.39, 0.29) is 0 Å². The molecule has 0 amide bonds. The Morgan fingerprint density at radius 1 is 1.60 bits per heavy atom. The molecule has 0 aliphatic rings. The molecule has 10 heavy (non-hydrogen) atoms. The topological polar surface area (TPSA) is 0 Å². The fourth-order valence-electron chi connectivity index (χ4n) is 0.405. The van der Waals surface area contributed by atoms with E-state index in [1.165, 1.54) is 0 Å². The molecule has 0 rings (SSSR count). The summed E-state index contributed by atoms with van der Waals surface area (Å²) in [6.07, 6.45) is 3.72. The second-order valence-electron chi connectivity index (χ2n) is 1.84. The van der Waals surface area contributed by atoms with Crippen LogP contribution in [0.2, 0.25) is 0 Å². The molecule has 0 atom stereocenters. The van der Waals surface area contributed by atoms with Gasteiger partial charge in [0.05, 0.1) is 5.03 Å². The van der Waals surface area contributed by atoms with Crippen LogP contribution < -0.4 is 0 Å². The molecule has 0 aliphatic carbocycles. The first-order chi connectivity index (χ1) is 4.63. The molecule has 56 valence electrons. The van der Waals surface area contributed by atoms with Crippen molar-refractivity contribution in [1.82, 2.24) is 0 Å². The molecule has 2 heteroatoms. The zero-order valence-electron chi connectivity index (χ0n) is 6.12. The van der Waals surface area contributed by atoms with Crippen molar-refractivity contribution in [2.24, 2.45) is 0 Å². The Balaban J connectivity index is 4.63. The summed E-state index contributed by atoms with van der Waals surface area (Å²) >= 11 is 8.11. The van der Waals surface area contributed by atoms with Crippen LogP contribution in [0.4, 0.5) is 0 Å². The van der Waals surface area contributed by atoms with Gasteiger partial charge >= 0.3 is 0 Å². The average Bonchev–Trinajstić information content (AvgIpc) is 2.00. The van der Waals surface area contributed by atoms with Gasteiger partial charge in [0.25, 0.3) is 0 Å². The Morgan fingerprint density at radius 2 is 2.10 bits per heavy atom. The molecule has 0 unspecified atom stereocenters. The van der Waals surface area contributed by atoms with Crippen molar-refractivity contribution in [3.8, 4) is 0 Å². The summed E-state index contributed by atoms with van der Waals surface area (Å²) in [4.78, 5) is 0. The molecule has 0 aromatic heterocycles. The maximum Gasteiger partial charge on any atom is 0.0565 e. The van der Waals surface area contributed by atoms with E-state index in [1.54, 1.807) is 6.08 Å². The van der Waals surface area contributed by atoms with Crippen LogP contribution in [0.25, 0.3) is 0 Å². The van der Waals surface area contributed by atoms with Gasteiger partial charge in [0.15, 0.2) is 0 Å². The summed E-state index contributed by atoms with van der Waals surface area (Å²) in [5.41, 5.74) is 1.02. The van der Waals surface area contributed by atoms with E-state index in [0.717, 1.165) is 14.2 Å².